The quantitative estimate of drug-likeness (QED) is 0.664. The second-order valence-corrected chi connectivity index (χ2v) is 6.67. The van der Waals surface area contributed by atoms with E-state index in [1.54, 1.807) is 20.8 Å². The van der Waals surface area contributed by atoms with E-state index in [0.29, 0.717) is 17.2 Å². The van der Waals surface area contributed by atoms with E-state index in [1.807, 2.05) is 13.8 Å². The minimum absolute atomic E-state index is 0.205. The first-order chi connectivity index (χ1) is 9.24. The summed E-state index contributed by atoms with van der Waals surface area (Å²) in [6.45, 7) is 9.32. The zero-order valence-electron chi connectivity index (χ0n) is 12.4. The number of alkyl halides is 1. The van der Waals surface area contributed by atoms with Crippen LogP contribution in [0, 0.1) is 19.3 Å². The van der Waals surface area contributed by atoms with Gasteiger partial charge in [0, 0.05) is 10.8 Å². The van der Waals surface area contributed by atoms with Crippen LogP contribution in [0.2, 0.25) is 0 Å². The van der Waals surface area contributed by atoms with Crippen LogP contribution in [0.3, 0.4) is 0 Å². The Morgan fingerprint density at radius 2 is 1.95 bits per heavy atom. The molecule has 0 aliphatic carbocycles. The normalized spacial score (nSPS) is 11.3. The summed E-state index contributed by atoms with van der Waals surface area (Å²) in [5, 5.41) is 3.33. The Labute approximate surface area is 128 Å². The van der Waals surface area contributed by atoms with Crippen molar-refractivity contribution < 1.29 is 14.3 Å². The number of carbonyl (C=O) groups excluding carboxylic acids is 2. The van der Waals surface area contributed by atoms with Crippen LogP contribution in [0.25, 0.3) is 0 Å². The third kappa shape index (κ3) is 3.52. The average Bonchev–Trinajstić information content (AvgIpc) is 2.65. The molecule has 0 bridgehead atoms. The van der Waals surface area contributed by atoms with Crippen molar-refractivity contribution in [1.82, 2.24) is 0 Å². The molecule has 0 saturated heterocycles. The van der Waals surface area contributed by atoms with Crippen LogP contribution in [0.4, 0.5) is 5.00 Å². The first-order valence-electron chi connectivity index (χ1n) is 6.39. The van der Waals surface area contributed by atoms with E-state index in [9.17, 15) is 9.59 Å². The number of ether oxygens (including phenoxy) is 1. The number of thiophene rings is 1. The van der Waals surface area contributed by atoms with Gasteiger partial charge in [0.15, 0.2) is 0 Å². The highest BCUT2D eigenvalue weighted by molar-refractivity contribution is 7.16. The Hall–Kier alpha value is -1.07. The second-order valence-electron chi connectivity index (χ2n) is 5.18. The fourth-order valence-corrected chi connectivity index (χ4v) is 2.66. The van der Waals surface area contributed by atoms with Gasteiger partial charge in [-0.2, -0.15) is 0 Å². The number of esters is 1. The van der Waals surface area contributed by atoms with Crippen molar-refractivity contribution in [2.75, 3.05) is 17.8 Å². The monoisotopic (exact) mass is 317 g/mol. The minimum Gasteiger partial charge on any atom is -0.462 e. The molecule has 0 saturated carbocycles. The van der Waals surface area contributed by atoms with Gasteiger partial charge >= 0.3 is 5.97 Å². The highest BCUT2D eigenvalue weighted by Gasteiger charge is 2.29. The zero-order valence-corrected chi connectivity index (χ0v) is 14.0. The molecule has 1 rings (SSSR count). The maximum Gasteiger partial charge on any atom is 0.341 e. The highest BCUT2D eigenvalue weighted by atomic mass is 35.5. The Balaban J connectivity index is 3.10. The van der Waals surface area contributed by atoms with Gasteiger partial charge in [0.2, 0.25) is 5.91 Å². The molecule has 0 aromatic carbocycles. The lowest BCUT2D eigenvalue weighted by Gasteiger charge is -2.20. The summed E-state index contributed by atoms with van der Waals surface area (Å²) in [4.78, 5) is 25.2. The van der Waals surface area contributed by atoms with Gasteiger partial charge in [-0.1, -0.05) is 0 Å². The van der Waals surface area contributed by atoms with E-state index in [2.05, 4.69) is 5.32 Å². The number of nitrogens with one attached hydrogen (secondary N) is 1. The number of hydrogen-bond acceptors (Lipinski definition) is 4. The predicted octanol–water partition coefficient (Wildman–Crippen LogP) is 3.75. The number of aryl methyl sites for hydroxylation is 1. The summed E-state index contributed by atoms with van der Waals surface area (Å²) < 4.78 is 5.05. The zero-order chi connectivity index (χ0) is 15.5. The maximum atomic E-state index is 12.2. The Kier molecular flexibility index (Phi) is 5.59. The van der Waals surface area contributed by atoms with E-state index in [4.69, 9.17) is 16.3 Å². The molecule has 0 aliphatic heterocycles. The summed E-state index contributed by atoms with van der Waals surface area (Å²) >= 11 is 7.17. The summed E-state index contributed by atoms with van der Waals surface area (Å²) in [6, 6.07) is 0. The Bertz CT molecular complexity index is 523. The summed E-state index contributed by atoms with van der Waals surface area (Å²) in [7, 11) is 0. The van der Waals surface area contributed by atoms with Crippen LogP contribution in [0.15, 0.2) is 0 Å². The summed E-state index contributed by atoms with van der Waals surface area (Å²) in [5.41, 5.74) is 0.583. The number of anilines is 1. The molecule has 1 aromatic heterocycles. The maximum absolute atomic E-state index is 12.2. The molecule has 112 valence electrons. The van der Waals surface area contributed by atoms with E-state index in [0.717, 1.165) is 10.4 Å². The minimum atomic E-state index is -0.695. The SMILES string of the molecule is CCOC(=O)c1c(NC(=O)C(C)(C)CCl)sc(C)c1C. The van der Waals surface area contributed by atoms with Crippen molar-refractivity contribution in [3.05, 3.63) is 16.0 Å². The smallest absolute Gasteiger partial charge is 0.341 e. The van der Waals surface area contributed by atoms with Gasteiger partial charge in [0.25, 0.3) is 0 Å². The van der Waals surface area contributed by atoms with E-state index in [1.165, 1.54) is 11.3 Å². The number of rotatable bonds is 5. The molecule has 1 N–H and O–H groups in total. The van der Waals surface area contributed by atoms with Gasteiger partial charge in [0.1, 0.15) is 5.00 Å². The molecular weight excluding hydrogens is 298 g/mol. The van der Waals surface area contributed by atoms with Crippen LogP contribution in [-0.2, 0) is 9.53 Å². The van der Waals surface area contributed by atoms with Crippen molar-refractivity contribution in [3.8, 4) is 0 Å². The number of amides is 1. The molecule has 1 amide bonds. The molecule has 1 aromatic rings. The van der Waals surface area contributed by atoms with Crippen molar-refractivity contribution in [1.29, 1.82) is 0 Å². The van der Waals surface area contributed by atoms with Gasteiger partial charge in [0.05, 0.1) is 17.6 Å². The lowest BCUT2D eigenvalue weighted by Crippen LogP contribution is -2.32. The Morgan fingerprint density at radius 1 is 1.35 bits per heavy atom. The molecule has 6 heteroatoms. The number of halogens is 1. The van der Waals surface area contributed by atoms with Gasteiger partial charge in [-0.15, -0.1) is 22.9 Å². The first-order valence-corrected chi connectivity index (χ1v) is 7.74. The van der Waals surface area contributed by atoms with Gasteiger partial charge in [-0.3, -0.25) is 4.79 Å². The molecule has 0 spiro atoms. The average molecular weight is 318 g/mol. The van der Waals surface area contributed by atoms with Crippen molar-refractivity contribution in [2.24, 2.45) is 5.41 Å². The lowest BCUT2D eigenvalue weighted by molar-refractivity contribution is -0.122. The summed E-state index contributed by atoms with van der Waals surface area (Å²) in [6.07, 6.45) is 0. The largest absolute Gasteiger partial charge is 0.462 e. The summed E-state index contributed by atoms with van der Waals surface area (Å²) in [5.74, 6) is -0.413. The number of carbonyl (C=O) groups is 2. The molecule has 20 heavy (non-hydrogen) atoms. The van der Waals surface area contributed by atoms with Gasteiger partial charge in [-0.05, 0) is 40.2 Å². The lowest BCUT2D eigenvalue weighted by atomic mass is 9.95. The third-order valence-corrected chi connectivity index (χ3v) is 4.83. The van der Waals surface area contributed by atoms with Gasteiger partial charge < -0.3 is 10.1 Å². The number of hydrogen-bond donors (Lipinski definition) is 1. The van der Waals surface area contributed by atoms with Crippen LogP contribution in [-0.4, -0.2) is 24.4 Å². The fraction of sp³-hybridized carbons (Fsp3) is 0.571. The van der Waals surface area contributed by atoms with Crippen LogP contribution >= 0.6 is 22.9 Å². The van der Waals surface area contributed by atoms with E-state index in [-0.39, 0.29) is 11.8 Å². The van der Waals surface area contributed by atoms with Gasteiger partial charge in [-0.25, -0.2) is 4.79 Å². The van der Waals surface area contributed by atoms with Crippen molar-refractivity contribution in [3.63, 3.8) is 0 Å². The van der Waals surface area contributed by atoms with Crippen LogP contribution < -0.4 is 5.32 Å². The van der Waals surface area contributed by atoms with Crippen LogP contribution in [0.5, 0.6) is 0 Å². The van der Waals surface area contributed by atoms with Crippen molar-refractivity contribution >= 4 is 39.8 Å². The fourth-order valence-electron chi connectivity index (χ4n) is 1.50. The first kappa shape index (κ1) is 17.0. The molecule has 0 aliphatic rings. The molecule has 0 unspecified atom stereocenters. The van der Waals surface area contributed by atoms with Crippen LogP contribution in [0.1, 0.15) is 41.6 Å². The van der Waals surface area contributed by atoms with E-state index < -0.39 is 11.4 Å². The standard InChI is InChI=1S/C14H20ClNO3S/c1-6-19-12(17)10-8(2)9(3)20-11(10)16-13(18)14(4,5)7-15/h6-7H2,1-5H3,(H,16,18). The topological polar surface area (TPSA) is 55.4 Å². The third-order valence-electron chi connectivity index (χ3n) is 3.04. The predicted molar refractivity (Wildman–Crippen MR) is 82.9 cm³/mol. The molecule has 0 atom stereocenters. The Morgan fingerprint density at radius 3 is 2.45 bits per heavy atom. The highest BCUT2D eigenvalue weighted by Crippen LogP contribution is 2.34. The molecule has 4 nitrogen and oxygen atoms in total. The van der Waals surface area contributed by atoms with E-state index >= 15 is 0 Å². The molecule has 1 heterocycles. The molecule has 0 fully saturated rings. The molecular formula is C14H20ClNO3S. The molecule has 0 radical (unpaired) electrons. The second kappa shape index (κ2) is 6.59. The van der Waals surface area contributed by atoms with Crippen molar-refractivity contribution in [2.45, 2.75) is 34.6 Å².